The van der Waals surface area contributed by atoms with E-state index in [0.29, 0.717) is 11.5 Å². The van der Waals surface area contributed by atoms with Crippen molar-refractivity contribution in [2.75, 3.05) is 0 Å². The molecule has 0 fully saturated rings. The number of hydrogen-bond acceptors (Lipinski definition) is 4. The van der Waals surface area contributed by atoms with Gasteiger partial charge >= 0.3 is 0 Å². The number of phenols is 2. The molecule has 0 amide bonds. The summed E-state index contributed by atoms with van der Waals surface area (Å²) in [6.07, 6.45) is 0. The van der Waals surface area contributed by atoms with Gasteiger partial charge in [0.15, 0.2) is 0 Å². The normalized spacial score (nSPS) is 11.7. The zero-order chi connectivity index (χ0) is 12.9. The molecule has 0 unspecified atom stereocenters. The van der Waals surface area contributed by atoms with Crippen LogP contribution in [-0.4, -0.2) is 10.2 Å². The largest absolute Gasteiger partial charge is 0.508 e. The first-order chi connectivity index (χ1) is 8.56. The van der Waals surface area contributed by atoms with Crippen LogP contribution < -0.4 is 0 Å². The standard InChI is InChI=1S/C14H12O2S2.2Ac/c1-7-3-13-9(5-11(7)15)10-6-12(16)8(2)4-14(10)18-17-13;;/h3-6,15-16H,1-2H3;;. The number of aryl methyl sites for hydroxylation is 2. The fraction of sp³-hybridized carbons (Fsp3) is 0.143. The van der Waals surface area contributed by atoms with Gasteiger partial charge in [-0.3, -0.25) is 0 Å². The van der Waals surface area contributed by atoms with E-state index in [9.17, 15) is 10.2 Å². The molecule has 6 heteroatoms. The minimum Gasteiger partial charge on any atom is -0.508 e. The Morgan fingerprint density at radius 2 is 1.05 bits per heavy atom. The monoisotopic (exact) mass is 730 g/mol. The molecule has 98 valence electrons. The summed E-state index contributed by atoms with van der Waals surface area (Å²) < 4.78 is 0. The zero-order valence-electron chi connectivity index (χ0n) is 11.2. The summed E-state index contributed by atoms with van der Waals surface area (Å²) in [5, 5.41) is 19.7. The van der Waals surface area contributed by atoms with E-state index in [1.165, 1.54) is 0 Å². The topological polar surface area (TPSA) is 40.5 Å². The summed E-state index contributed by atoms with van der Waals surface area (Å²) in [5.74, 6) is 0.597. The smallest absolute Gasteiger partial charge is 0.119 e. The van der Waals surface area contributed by atoms with E-state index < -0.39 is 0 Å². The molecule has 3 rings (SSSR count). The van der Waals surface area contributed by atoms with Crippen LogP contribution in [0, 0.1) is 102 Å². The van der Waals surface area contributed by atoms with Crippen molar-refractivity contribution >= 4 is 21.6 Å². The van der Waals surface area contributed by atoms with Gasteiger partial charge in [-0.2, -0.15) is 0 Å². The second-order valence-corrected chi connectivity index (χ2v) is 6.65. The molecular formula is C14H12Ac2O2S2. The van der Waals surface area contributed by atoms with E-state index in [4.69, 9.17) is 0 Å². The second-order valence-electron chi connectivity index (χ2n) is 4.44. The van der Waals surface area contributed by atoms with E-state index in [0.717, 1.165) is 32.0 Å². The van der Waals surface area contributed by atoms with Crippen LogP contribution >= 0.6 is 21.6 Å². The van der Waals surface area contributed by atoms with Gasteiger partial charge in [-0.1, -0.05) is 21.6 Å². The molecule has 0 spiro atoms. The van der Waals surface area contributed by atoms with E-state index in [2.05, 4.69) is 0 Å². The number of rotatable bonds is 0. The number of aromatic hydroxyl groups is 2. The molecular weight excluding hydrogens is 718 g/mol. The Kier molecular flexibility index (Phi) is 7.81. The van der Waals surface area contributed by atoms with Gasteiger partial charge in [0.05, 0.1) is 0 Å². The summed E-state index contributed by atoms with van der Waals surface area (Å²) in [6.45, 7) is 3.78. The van der Waals surface area contributed by atoms with Crippen LogP contribution in [0.3, 0.4) is 0 Å². The molecule has 2 aromatic carbocycles. The molecule has 0 atom stereocenters. The maximum absolute atomic E-state index is 9.85. The van der Waals surface area contributed by atoms with Gasteiger partial charge in [0.2, 0.25) is 0 Å². The molecule has 2 nitrogen and oxygen atoms in total. The molecule has 0 aromatic heterocycles. The first kappa shape index (κ1) is 19.7. The molecule has 0 saturated carbocycles. The van der Waals surface area contributed by atoms with Crippen LogP contribution in [-0.2, 0) is 0 Å². The van der Waals surface area contributed by atoms with Gasteiger partial charge in [-0.15, -0.1) is 0 Å². The van der Waals surface area contributed by atoms with Gasteiger partial charge < -0.3 is 10.2 Å². The zero-order valence-corrected chi connectivity index (χ0v) is 22.3. The summed E-state index contributed by atoms with van der Waals surface area (Å²) in [4.78, 5) is 2.26. The van der Waals surface area contributed by atoms with Gasteiger partial charge in [0.1, 0.15) is 11.5 Å². The molecule has 2 radical (unpaired) electrons. The Morgan fingerprint density at radius 3 is 1.40 bits per heavy atom. The van der Waals surface area contributed by atoms with Crippen LogP contribution in [0.5, 0.6) is 11.5 Å². The van der Waals surface area contributed by atoms with Gasteiger partial charge in [0, 0.05) is 109 Å². The molecule has 2 aromatic rings. The maximum atomic E-state index is 9.85. The number of fused-ring (bicyclic) bond motifs is 3. The average molecular weight is 730 g/mol. The Labute approximate surface area is 198 Å². The Balaban J connectivity index is 0.000001000. The number of hydrogen-bond donors (Lipinski definition) is 2. The quantitative estimate of drug-likeness (QED) is 0.393. The van der Waals surface area contributed by atoms with Crippen LogP contribution in [0.2, 0.25) is 0 Å². The fourth-order valence-corrected chi connectivity index (χ4v) is 4.50. The number of benzene rings is 2. The van der Waals surface area contributed by atoms with Crippen molar-refractivity contribution in [2.45, 2.75) is 23.6 Å². The SMILES string of the molecule is Cc1cc2c(cc1O)-c1cc(O)c(C)cc1SS2.[Ac].[Ac]. The molecule has 1 aliphatic rings. The van der Waals surface area contributed by atoms with Crippen molar-refractivity contribution in [1.82, 2.24) is 0 Å². The predicted molar refractivity (Wildman–Crippen MR) is 76.4 cm³/mol. The first-order valence-electron chi connectivity index (χ1n) is 5.58. The molecule has 2 N–H and O–H groups in total. The second kappa shape index (κ2) is 7.94. The average Bonchev–Trinajstić information content (AvgIpc) is 2.33. The third kappa shape index (κ3) is 3.75. The van der Waals surface area contributed by atoms with E-state index in [1.807, 2.05) is 26.0 Å². The molecule has 0 saturated heterocycles. The van der Waals surface area contributed by atoms with Crippen LogP contribution in [0.15, 0.2) is 34.1 Å². The molecule has 0 bridgehead atoms. The van der Waals surface area contributed by atoms with E-state index in [1.54, 1.807) is 33.7 Å². The van der Waals surface area contributed by atoms with Crippen molar-refractivity contribution in [1.29, 1.82) is 0 Å². The van der Waals surface area contributed by atoms with Crippen LogP contribution in [0.4, 0.5) is 0 Å². The first-order valence-corrected chi connectivity index (χ1v) is 7.73. The summed E-state index contributed by atoms with van der Waals surface area (Å²) in [5.41, 5.74) is 3.74. The third-order valence-electron chi connectivity index (χ3n) is 3.11. The van der Waals surface area contributed by atoms with Gasteiger partial charge in [0.25, 0.3) is 0 Å². The van der Waals surface area contributed by atoms with Crippen molar-refractivity contribution in [3.8, 4) is 22.6 Å². The third-order valence-corrected chi connectivity index (χ3v) is 5.55. The minimum absolute atomic E-state index is 0. The van der Waals surface area contributed by atoms with Crippen LogP contribution in [0.25, 0.3) is 11.1 Å². The Morgan fingerprint density at radius 1 is 0.700 bits per heavy atom. The van der Waals surface area contributed by atoms with Crippen molar-refractivity contribution in [3.63, 3.8) is 0 Å². The van der Waals surface area contributed by atoms with Crippen molar-refractivity contribution < 1.29 is 98.3 Å². The molecule has 0 aliphatic carbocycles. The summed E-state index contributed by atoms with van der Waals surface area (Å²) >= 11 is 0. The van der Waals surface area contributed by atoms with Crippen molar-refractivity contribution in [3.05, 3.63) is 35.4 Å². The van der Waals surface area contributed by atoms with Gasteiger partial charge in [-0.25, -0.2) is 0 Å². The Bertz CT molecular complexity index is 603. The molecule has 1 heterocycles. The van der Waals surface area contributed by atoms with E-state index >= 15 is 0 Å². The van der Waals surface area contributed by atoms with E-state index in [-0.39, 0.29) is 88.1 Å². The summed E-state index contributed by atoms with van der Waals surface area (Å²) in [6, 6.07) is 7.54. The molecule has 20 heavy (non-hydrogen) atoms. The fourth-order valence-electron chi connectivity index (χ4n) is 1.99. The Hall–Kier alpha value is 1.62. The molecule has 1 aliphatic heterocycles. The predicted octanol–water partition coefficient (Wildman–Crippen LogP) is 4.49. The van der Waals surface area contributed by atoms with Gasteiger partial charge in [-0.05, 0) is 49.2 Å². The van der Waals surface area contributed by atoms with Crippen molar-refractivity contribution in [2.24, 2.45) is 0 Å². The number of phenolic OH excluding ortho intramolecular Hbond substituents is 2. The summed E-state index contributed by atoms with van der Waals surface area (Å²) in [7, 11) is 3.39. The minimum atomic E-state index is 0. The maximum Gasteiger partial charge on any atom is 0.119 e. The van der Waals surface area contributed by atoms with Crippen LogP contribution in [0.1, 0.15) is 11.1 Å².